The molecule has 0 bridgehead atoms. The van der Waals surface area contributed by atoms with E-state index >= 15 is 0 Å². The zero-order valence-corrected chi connectivity index (χ0v) is 16.2. The fourth-order valence-corrected chi connectivity index (χ4v) is 4.00. The molecular weight excluding hydrogens is 344 g/mol. The lowest BCUT2D eigenvalue weighted by Crippen LogP contribution is -2.18. The molecule has 144 valence electrons. The third-order valence-corrected chi connectivity index (χ3v) is 5.82. The summed E-state index contributed by atoms with van der Waals surface area (Å²) in [6.45, 7) is 4.82. The van der Waals surface area contributed by atoms with Crippen molar-refractivity contribution in [3.8, 4) is 23.0 Å². The van der Waals surface area contributed by atoms with Gasteiger partial charge in [0, 0.05) is 0 Å². The molecule has 2 aromatic carbocycles. The molecule has 1 saturated heterocycles. The monoisotopic (exact) mass is 370 g/mol. The third kappa shape index (κ3) is 3.32. The van der Waals surface area contributed by atoms with Crippen LogP contribution in [0, 0.1) is 11.8 Å². The molecular formula is C22H26O5. The highest BCUT2D eigenvalue weighted by molar-refractivity contribution is 5.45. The summed E-state index contributed by atoms with van der Waals surface area (Å²) in [7, 11) is 3.31. The van der Waals surface area contributed by atoms with E-state index in [2.05, 4.69) is 32.0 Å². The topological polar surface area (TPSA) is 46.2 Å². The lowest BCUT2D eigenvalue weighted by Gasteiger charge is -2.17. The quantitative estimate of drug-likeness (QED) is 0.781. The second-order valence-electron chi connectivity index (χ2n) is 7.32. The highest BCUT2D eigenvalue weighted by Gasteiger charge is 2.40. The molecule has 1 fully saturated rings. The van der Waals surface area contributed by atoms with Gasteiger partial charge in [0.1, 0.15) is 0 Å². The molecule has 2 aliphatic rings. The largest absolute Gasteiger partial charge is 0.493 e. The molecule has 5 nitrogen and oxygen atoms in total. The molecule has 0 radical (unpaired) electrons. The second kappa shape index (κ2) is 7.31. The van der Waals surface area contributed by atoms with Crippen molar-refractivity contribution in [2.75, 3.05) is 21.0 Å². The van der Waals surface area contributed by atoms with Crippen molar-refractivity contribution < 1.29 is 23.7 Å². The Bertz CT molecular complexity index is 818. The van der Waals surface area contributed by atoms with E-state index in [9.17, 15) is 0 Å². The molecule has 2 heterocycles. The standard InChI is InChI=1S/C22H26O5/c1-13-14(2)22(16-6-8-18-21(11-16)26-12-25-18)27-19(13)9-15-5-7-17(23-3)20(10-15)24-4/h5-8,10-11,13-14,19,22H,9,12H2,1-4H3/t13-,14-,19+,22-/m0/s1. The van der Waals surface area contributed by atoms with Gasteiger partial charge in [0.25, 0.3) is 0 Å². The van der Waals surface area contributed by atoms with Crippen LogP contribution in [0.4, 0.5) is 0 Å². The van der Waals surface area contributed by atoms with Gasteiger partial charge in [-0.2, -0.15) is 0 Å². The van der Waals surface area contributed by atoms with Gasteiger partial charge in [0.2, 0.25) is 6.79 Å². The Kier molecular flexibility index (Phi) is 4.87. The zero-order valence-electron chi connectivity index (χ0n) is 16.2. The van der Waals surface area contributed by atoms with Crippen LogP contribution in [0.1, 0.15) is 31.1 Å². The van der Waals surface area contributed by atoms with Gasteiger partial charge in [-0.1, -0.05) is 26.0 Å². The van der Waals surface area contributed by atoms with Crippen molar-refractivity contribution in [1.29, 1.82) is 0 Å². The predicted molar refractivity (Wildman–Crippen MR) is 102 cm³/mol. The fourth-order valence-electron chi connectivity index (χ4n) is 4.00. The summed E-state index contributed by atoms with van der Waals surface area (Å²) in [5, 5.41) is 0. The predicted octanol–water partition coefficient (Wildman–Crippen LogP) is 4.39. The molecule has 27 heavy (non-hydrogen) atoms. The Labute approximate surface area is 160 Å². The number of hydrogen-bond acceptors (Lipinski definition) is 5. The fraction of sp³-hybridized carbons (Fsp3) is 0.455. The summed E-state index contributed by atoms with van der Waals surface area (Å²) in [5.41, 5.74) is 2.33. The Morgan fingerprint density at radius 3 is 2.44 bits per heavy atom. The van der Waals surface area contributed by atoms with Crippen LogP contribution in [0.5, 0.6) is 23.0 Å². The molecule has 5 heteroatoms. The van der Waals surface area contributed by atoms with Crippen LogP contribution in [0.15, 0.2) is 36.4 Å². The van der Waals surface area contributed by atoms with E-state index in [1.54, 1.807) is 14.2 Å². The zero-order chi connectivity index (χ0) is 19.0. The molecule has 4 atom stereocenters. The molecule has 0 N–H and O–H groups in total. The van der Waals surface area contributed by atoms with E-state index in [1.165, 1.54) is 5.56 Å². The average molecular weight is 370 g/mol. The maximum absolute atomic E-state index is 6.50. The van der Waals surface area contributed by atoms with Gasteiger partial charge in [-0.05, 0) is 53.6 Å². The number of rotatable bonds is 5. The summed E-state index contributed by atoms with van der Waals surface area (Å²) in [4.78, 5) is 0. The second-order valence-corrected chi connectivity index (χ2v) is 7.32. The molecule has 0 amide bonds. The number of hydrogen-bond donors (Lipinski definition) is 0. The smallest absolute Gasteiger partial charge is 0.231 e. The average Bonchev–Trinajstić information content (AvgIpc) is 3.27. The highest BCUT2D eigenvalue weighted by Crippen LogP contribution is 2.45. The van der Waals surface area contributed by atoms with Crippen LogP contribution in [-0.4, -0.2) is 27.1 Å². The van der Waals surface area contributed by atoms with Gasteiger partial charge in [-0.25, -0.2) is 0 Å². The molecule has 0 spiro atoms. The van der Waals surface area contributed by atoms with Crippen molar-refractivity contribution in [2.24, 2.45) is 11.8 Å². The van der Waals surface area contributed by atoms with Crippen LogP contribution in [-0.2, 0) is 11.2 Å². The first-order chi connectivity index (χ1) is 13.1. The minimum atomic E-state index is 0.0552. The minimum Gasteiger partial charge on any atom is -0.493 e. The number of fused-ring (bicyclic) bond motifs is 1. The SMILES string of the molecule is COc1ccc(C[C@H]2O[C@H](c3ccc4c(c3)OCO4)[C@@H](C)[C@@H]2C)cc1OC. The van der Waals surface area contributed by atoms with Crippen LogP contribution < -0.4 is 18.9 Å². The molecule has 2 aliphatic heterocycles. The molecule has 4 rings (SSSR count). The van der Waals surface area contributed by atoms with Crippen LogP contribution in [0.2, 0.25) is 0 Å². The first-order valence-electron chi connectivity index (χ1n) is 9.36. The minimum absolute atomic E-state index is 0.0552. The van der Waals surface area contributed by atoms with E-state index in [-0.39, 0.29) is 19.0 Å². The first kappa shape index (κ1) is 18.0. The van der Waals surface area contributed by atoms with Crippen LogP contribution in [0.3, 0.4) is 0 Å². The van der Waals surface area contributed by atoms with Crippen molar-refractivity contribution in [1.82, 2.24) is 0 Å². The van der Waals surface area contributed by atoms with Crippen LogP contribution >= 0.6 is 0 Å². The lowest BCUT2D eigenvalue weighted by molar-refractivity contribution is 0.0302. The maximum atomic E-state index is 6.50. The Morgan fingerprint density at radius 1 is 0.889 bits per heavy atom. The normalized spacial score (nSPS) is 26.2. The lowest BCUT2D eigenvalue weighted by atomic mass is 9.85. The first-order valence-corrected chi connectivity index (χ1v) is 9.36. The van der Waals surface area contributed by atoms with Crippen molar-refractivity contribution >= 4 is 0 Å². The van der Waals surface area contributed by atoms with Gasteiger partial charge in [-0.15, -0.1) is 0 Å². The van der Waals surface area contributed by atoms with E-state index < -0.39 is 0 Å². The maximum Gasteiger partial charge on any atom is 0.231 e. The summed E-state index contributed by atoms with van der Waals surface area (Å²) in [6, 6.07) is 12.2. The van der Waals surface area contributed by atoms with Gasteiger partial charge in [0.05, 0.1) is 26.4 Å². The third-order valence-electron chi connectivity index (χ3n) is 5.82. The van der Waals surface area contributed by atoms with Crippen molar-refractivity contribution in [3.63, 3.8) is 0 Å². The molecule has 0 aromatic heterocycles. The summed E-state index contributed by atoms with van der Waals surface area (Å²) < 4.78 is 28.2. The molecule has 0 unspecified atom stereocenters. The van der Waals surface area contributed by atoms with E-state index in [0.29, 0.717) is 11.8 Å². The Balaban J connectivity index is 1.52. The van der Waals surface area contributed by atoms with E-state index in [0.717, 1.165) is 35.0 Å². The van der Waals surface area contributed by atoms with Gasteiger partial charge < -0.3 is 23.7 Å². The summed E-state index contributed by atoms with van der Waals surface area (Å²) >= 11 is 0. The molecule has 0 saturated carbocycles. The van der Waals surface area contributed by atoms with Crippen molar-refractivity contribution in [3.05, 3.63) is 47.5 Å². The number of methoxy groups -OCH3 is 2. The molecule has 0 aliphatic carbocycles. The van der Waals surface area contributed by atoms with Crippen LogP contribution in [0.25, 0.3) is 0 Å². The summed E-state index contributed by atoms with van der Waals surface area (Å²) in [6.07, 6.45) is 1.04. The van der Waals surface area contributed by atoms with Crippen molar-refractivity contribution in [2.45, 2.75) is 32.5 Å². The Hall–Kier alpha value is -2.40. The Morgan fingerprint density at radius 2 is 1.67 bits per heavy atom. The van der Waals surface area contributed by atoms with Gasteiger partial charge >= 0.3 is 0 Å². The number of benzene rings is 2. The van der Waals surface area contributed by atoms with E-state index in [4.69, 9.17) is 23.7 Å². The highest BCUT2D eigenvalue weighted by atomic mass is 16.7. The number of ether oxygens (including phenoxy) is 5. The van der Waals surface area contributed by atoms with E-state index in [1.807, 2.05) is 18.2 Å². The molecule has 2 aromatic rings. The van der Waals surface area contributed by atoms with Gasteiger partial charge in [-0.3, -0.25) is 0 Å². The summed E-state index contributed by atoms with van der Waals surface area (Å²) in [5.74, 6) is 3.96. The van der Waals surface area contributed by atoms with Gasteiger partial charge in [0.15, 0.2) is 23.0 Å².